The van der Waals surface area contributed by atoms with Crippen LogP contribution in [0, 0.1) is 6.92 Å². The molecule has 0 aliphatic rings. The summed E-state index contributed by atoms with van der Waals surface area (Å²) >= 11 is 0. The molecule has 1 aromatic carbocycles. The molecule has 114 valence electrons. The third kappa shape index (κ3) is 6.47. The molecule has 0 saturated heterocycles. The summed E-state index contributed by atoms with van der Waals surface area (Å²) in [6.45, 7) is 3.49. The highest BCUT2D eigenvalue weighted by Crippen LogP contribution is 2.07. The summed E-state index contributed by atoms with van der Waals surface area (Å²) in [7, 11) is -6.75. The Labute approximate surface area is 120 Å². The molecule has 0 aliphatic heterocycles. The molecule has 8 heteroatoms. The van der Waals surface area contributed by atoms with Crippen LogP contribution in [0.5, 0.6) is 0 Å². The largest absolute Gasteiger partial charge is 0.215 e. The zero-order chi connectivity index (χ0) is 15.2. The third-order valence-electron chi connectivity index (χ3n) is 2.59. The Balaban J connectivity index is 2.47. The average Bonchev–Trinajstić information content (AvgIpc) is 2.34. The van der Waals surface area contributed by atoms with Crippen LogP contribution in [-0.4, -0.2) is 35.7 Å². The number of rotatable bonds is 8. The van der Waals surface area contributed by atoms with Crippen molar-refractivity contribution in [2.45, 2.75) is 19.6 Å². The first kappa shape index (κ1) is 17.1. The summed E-state index contributed by atoms with van der Waals surface area (Å²) in [6, 6.07) is 7.24. The van der Waals surface area contributed by atoms with Gasteiger partial charge in [-0.2, -0.15) is 0 Å². The fourth-order valence-corrected chi connectivity index (χ4v) is 3.34. The van der Waals surface area contributed by atoms with Gasteiger partial charge in [-0.3, -0.25) is 0 Å². The lowest BCUT2D eigenvalue weighted by atomic mass is 10.2. The fraction of sp³-hybridized carbons (Fsp3) is 0.500. The SMILES string of the molecule is CCS(=O)(=O)NCCNS(=O)(=O)Cc1cccc(C)c1. The Morgan fingerprint density at radius 2 is 1.60 bits per heavy atom. The van der Waals surface area contributed by atoms with Gasteiger partial charge in [0, 0.05) is 13.1 Å². The smallest absolute Gasteiger partial charge is 0.214 e. The van der Waals surface area contributed by atoms with E-state index in [1.165, 1.54) is 6.92 Å². The normalized spacial score (nSPS) is 12.5. The molecule has 0 atom stereocenters. The zero-order valence-electron chi connectivity index (χ0n) is 11.6. The van der Waals surface area contributed by atoms with E-state index < -0.39 is 20.0 Å². The Morgan fingerprint density at radius 3 is 2.15 bits per heavy atom. The standard InChI is InChI=1S/C12H20N2O4S2/c1-3-19(15,16)13-7-8-14-20(17,18)10-12-6-4-5-11(2)9-12/h4-6,9,13-14H,3,7-8,10H2,1-2H3. The molecule has 0 aliphatic carbocycles. The Morgan fingerprint density at radius 1 is 1.00 bits per heavy atom. The maximum atomic E-state index is 11.8. The lowest BCUT2D eigenvalue weighted by molar-refractivity contribution is 0.570. The molecule has 20 heavy (non-hydrogen) atoms. The summed E-state index contributed by atoms with van der Waals surface area (Å²) in [6.07, 6.45) is 0. The Bertz CT molecular complexity index is 639. The quantitative estimate of drug-likeness (QED) is 0.676. The van der Waals surface area contributed by atoms with E-state index >= 15 is 0 Å². The average molecular weight is 320 g/mol. The van der Waals surface area contributed by atoms with E-state index in [9.17, 15) is 16.8 Å². The van der Waals surface area contributed by atoms with E-state index in [0.717, 1.165) is 5.56 Å². The van der Waals surface area contributed by atoms with Crippen LogP contribution in [0.25, 0.3) is 0 Å². The second kappa shape index (κ2) is 7.16. The highest BCUT2D eigenvalue weighted by molar-refractivity contribution is 7.89. The van der Waals surface area contributed by atoms with Gasteiger partial charge in [0.25, 0.3) is 0 Å². The van der Waals surface area contributed by atoms with Crippen LogP contribution in [-0.2, 0) is 25.8 Å². The first-order valence-electron chi connectivity index (χ1n) is 6.24. The van der Waals surface area contributed by atoms with Crippen molar-refractivity contribution in [3.05, 3.63) is 35.4 Å². The third-order valence-corrected chi connectivity index (χ3v) is 5.35. The first-order chi connectivity index (χ1) is 9.24. The monoisotopic (exact) mass is 320 g/mol. The summed E-state index contributed by atoms with van der Waals surface area (Å²) in [5.74, 6) is -0.141. The van der Waals surface area contributed by atoms with E-state index in [4.69, 9.17) is 0 Å². The van der Waals surface area contributed by atoms with Gasteiger partial charge in [-0.05, 0) is 19.4 Å². The number of benzene rings is 1. The van der Waals surface area contributed by atoms with E-state index in [2.05, 4.69) is 9.44 Å². The molecular formula is C12H20N2O4S2. The lowest BCUT2D eigenvalue weighted by Gasteiger charge is -2.08. The Hall–Kier alpha value is -0.960. The van der Waals surface area contributed by atoms with E-state index in [-0.39, 0.29) is 24.6 Å². The minimum Gasteiger partial charge on any atom is -0.214 e. The Kier molecular flexibility index (Phi) is 6.12. The zero-order valence-corrected chi connectivity index (χ0v) is 13.2. The molecule has 0 bridgehead atoms. The van der Waals surface area contributed by atoms with E-state index in [1.807, 2.05) is 13.0 Å². The van der Waals surface area contributed by atoms with Crippen molar-refractivity contribution in [1.82, 2.24) is 9.44 Å². The van der Waals surface area contributed by atoms with Gasteiger partial charge in [-0.25, -0.2) is 26.3 Å². The number of hydrogen-bond acceptors (Lipinski definition) is 4. The van der Waals surface area contributed by atoms with Crippen LogP contribution in [0.3, 0.4) is 0 Å². The predicted molar refractivity (Wildman–Crippen MR) is 79.3 cm³/mol. The lowest BCUT2D eigenvalue weighted by Crippen LogP contribution is -2.35. The maximum absolute atomic E-state index is 11.8. The minimum absolute atomic E-state index is 0.0248. The summed E-state index contributed by atoms with van der Waals surface area (Å²) in [5, 5.41) is 0. The van der Waals surface area contributed by atoms with Crippen LogP contribution in [0.4, 0.5) is 0 Å². The molecule has 1 rings (SSSR count). The van der Waals surface area contributed by atoms with Crippen molar-refractivity contribution in [2.75, 3.05) is 18.8 Å². The molecule has 0 amide bonds. The molecule has 1 aromatic rings. The van der Waals surface area contributed by atoms with Gasteiger partial charge in [-0.1, -0.05) is 29.8 Å². The molecular weight excluding hydrogens is 300 g/mol. The van der Waals surface area contributed by atoms with Gasteiger partial charge < -0.3 is 0 Å². The second-order valence-corrected chi connectivity index (χ2v) is 8.34. The van der Waals surface area contributed by atoms with Crippen molar-refractivity contribution in [2.24, 2.45) is 0 Å². The molecule has 2 N–H and O–H groups in total. The predicted octanol–water partition coefficient (Wildman–Crippen LogP) is 0.354. The van der Waals surface area contributed by atoms with E-state index in [0.29, 0.717) is 5.56 Å². The van der Waals surface area contributed by atoms with Crippen LogP contribution in [0.2, 0.25) is 0 Å². The van der Waals surface area contributed by atoms with Gasteiger partial charge in [0.15, 0.2) is 0 Å². The molecule has 0 spiro atoms. The first-order valence-corrected chi connectivity index (χ1v) is 9.55. The molecule has 6 nitrogen and oxygen atoms in total. The molecule has 0 radical (unpaired) electrons. The van der Waals surface area contributed by atoms with Gasteiger partial charge in [-0.15, -0.1) is 0 Å². The van der Waals surface area contributed by atoms with Crippen molar-refractivity contribution >= 4 is 20.0 Å². The molecule has 0 fully saturated rings. The molecule has 0 saturated carbocycles. The topological polar surface area (TPSA) is 92.3 Å². The number of sulfonamides is 2. The summed E-state index contributed by atoms with van der Waals surface area (Å²) < 4.78 is 50.6. The minimum atomic E-state index is -3.46. The number of hydrogen-bond donors (Lipinski definition) is 2. The van der Waals surface area contributed by atoms with Gasteiger partial charge in [0.2, 0.25) is 20.0 Å². The highest BCUT2D eigenvalue weighted by atomic mass is 32.2. The number of nitrogens with one attached hydrogen (secondary N) is 2. The van der Waals surface area contributed by atoms with Crippen LogP contribution in [0.1, 0.15) is 18.1 Å². The van der Waals surface area contributed by atoms with Crippen molar-refractivity contribution in [1.29, 1.82) is 0 Å². The van der Waals surface area contributed by atoms with Crippen LogP contribution < -0.4 is 9.44 Å². The van der Waals surface area contributed by atoms with Gasteiger partial charge in [0.05, 0.1) is 11.5 Å². The maximum Gasteiger partial charge on any atom is 0.215 e. The number of aryl methyl sites for hydroxylation is 1. The van der Waals surface area contributed by atoms with E-state index in [1.54, 1.807) is 18.2 Å². The van der Waals surface area contributed by atoms with Crippen molar-refractivity contribution in [3.8, 4) is 0 Å². The van der Waals surface area contributed by atoms with Gasteiger partial charge >= 0.3 is 0 Å². The molecule has 0 aromatic heterocycles. The van der Waals surface area contributed by atoms with Crippen molar-refractivity contribution in [3.63, 3.8) is 0 Å². The van der Waals surface area contributed by atoms with Crippen LogP contribution >= 0.6 is 0 Å². The highest BCUT2D eigenvalue weighted by Gasteiger charge is 2.12. The van der Waals surface area contributed by atoms with Crippen molar-refractivity contribution < 1.29 is 16.8 Å². The molecule has 0 heterocycles. The van der Waals surface area contributed by atoms with Crippen LogP contribution in [0.15, 0.2) is 24.3 Å². The van der Waals surface area contributed by atoms with Gasteiger partial charge in [0.1, 0.15) is 0 Å². The summed E-state index contributed by atoms with van der Waals surface area (Å²) in [4.78, 5) is 0. The summed E-state index contributed by atoms with van der Waals surface area (Å²) in [5.41, 5.74) is 1.69. The molecule has 0 unspecified atom stereocenters. The second-order valence-electron chi connectivity index (χ2n) is 4.44. The fourth-order valence-electron chi connectivity index (χ4n) is 1.59.